The highest BCUT2D eigenvalue weighted by molar-refractivity contribution is 5.82. The van der Waals surface area contributed by atoms with Crippen molar-refractivity contribution in [2.75, 3.05) is 0 Å². The van der Waals surface area contributed by atoms with Crippen LogP contribution in [-0.2, 0) is 0 Å². The molecule has 0 aromatic heterocycles. The maximum atomic E-state index is 6.48. The van der Waals surface area contributed by atoms with Crippen LogP contribution >= 0.6 is 0 Å². The lowest BCUT2D eigenvalue weighted by Crippen LogP contribution is -2.20. The number of ether oxygens (including phenoxy) is 1. The molecule has 1 heteroatoms. The van der Waals surface area contributed by atoms with Crippen LogP contribution in [0.1, 0.15) is 13.8 Å². The zero-order valence-electron chi connectivity index (χ0n) is 14.9. The molecule has 0 aliphatic carbocycles. The molecule has 25 heavy (non-hydrogen) atoms. The van der Waals surface area contributed by atoms with E-state index in [1.807, 2.05) is 18.2 Å². The van der Waals surface area contributed by atoms with E-state index in [-0.39, 0.29) is 6.10 Å². The second-order valence-corrected chi connectivity index (χ2v) is 6.48. The molecule has 0 aliphatic heterocycles. The molecule has 0 spiro atoms. The Morgan fingerprint density at radius 2 is 1.20 bits per heavy atom. The third-order valence-corrected chi connectivity index (χ3v) is 4.33. The minimum Gasteiger partial charge on any atom is -0.485 e. The van der Waals surface area contributed by atoms with Gasteiger partial charge in [-0.05, 0) is 17.0 Å². The Hall–Kier alpha value is -2.80. The molecule has 3 rings (SSSR count). The maximum Gasteiger partial charge on any atom is 0.135 e. The molecule has 0 radical (unpaired) electrons. The van der Waals surface area contributed by atoms with Crippen LogP contribution in [0.15, 0.2) is 91.5 Å². The summed E-state index contributed by atoms with van der Waals surface area (Å²) < 4.78 is 6.48. The van der Waals surface area contributed by atoms with Gasteiger partial charge in [0.2, 0.25) is 0 Å². The molecule has 0 heterocycles. The first-order valence-corrected chi connectivity index (χ1v) is 8.73. The highest BCUT2D eigenvalue weighted by Gasteiger charge is 2.18. The summed E-state index contributed by atoms with van der Waals surface area (Å²) in [6.07, 6.45) is 1.86. The predicted octanol–water partition coefficient (Wildman–Crippen LogP) is 6.61. The first-order valence-electron chi connectivity index (χ1n) is 8.73. The lowest BCUT2D eigenvalue weighted by atomic mass is 9.96. The van der Waals surface area contributed by atoms with E-state index in [1.165, 1.54) is 0 Å². The first-order chi connectivity index (χ1) is 12.2. The van der Waals surface area contributed by atoms with Crippen molar-refractivity contribution in [3.8, 4) is 28.0 Å². The predicted molar refractivity (Wildman–Crippen MR) is 107 cm³/mol. The minimum absolute atomic E-state index is 0.0349. The van der Waals surface area contributed by atoms with E-state index in [1.54, 1.807) is 0 Å². The number of para-hydroxylation sites is 1. The van der Waals surface area contributed by atoms with Crippen LogP contribution in [0.4, 0.5) is 0 Å². The van der Waals surface area contributed by atoms with Gasteiger partial charge < -0.3 is 4.74 Å². The monoisotopic (exact) mass is 328 g/mol. The zero-order chi connectivity index (χ0) is 17.6. The van der Waals surface area contributed by atoms with E-state index in [2.05, 4.69) is 87.2 Å². The van der Waals surface area contributed by atoms with Crippen molar-refractivity contribution in [1.29, 1.82) is 0 Å². The van der Waals surface area contributed by atoms with Crippen molar-refractivity contribution in [2.24, 2.45) is 5.92 Å². The van der Waals surface area contributed by atoms with E-state index in [0.29, 0.717) is 5.92 Å². The highest BCUT2D eigenvalue weighted by Crippen LogP contribution is 2.40. The minimum atomic E-state index is -0.0349. The van der Waals surface area contributed by atoms with Gasteiger partial charge in [0.25, 0.3) is 0 Å². The summed E-state index contributed by atoms with van der Waals surface area (Å²) in [6, 6.07) is 27.1. The molecule has 0 fully saturated rings. The standard InChI is InChI=1S/C24H24O/c1-4-23(18(2)3)25-24-21(19-12-7-5-8-13-19)16-11-17-22(24)20-14-9-6-10-15-20/h4-18,23H,1H2,2-3H3. The largest absolute Gasteiger partial charge is 0.485 e. The van der Waals surface area contributed by atoms with Gasteiger partial charge >= 0.3 is 0 Å². The van der Waals surface area contributed by atoms with Gasteiger partial charge in [-0.1, -0.05) is 105 Å². The van der Waals surface area contributed by atoms with E-state index in [0.717, 1.165) is 28.0 Å². The second-order valence-electron chi connectivity index (χ2n) is 6.48. The summed E-state index contributed by atoms with van der Waals surface area (Å²) >= 11 is 0. The topological polar surface area (TPSA) is 9.23 Å². The lowest BCUT2D eigenvalue weighted by Gasteiger charge is -2.23. The molecule has 0 amide bonds. The van der Waals surface area contributed by atoms with Gasteiger partial charge in [-0.3, -0.25) is 0 Å². The van der Waals surface area contributed by atoms with Crippen molar-refractivity contribution in [1.82, 2.24) is 0 Å². The van der Waals surface area contributed by atoms with Gasteiger partial charge in [0.15, 0.2) is 0 Å². The molecular formula is C24H24O. The van der Waals surface area contributed by atoms with Crippen LogP contribution in [0.5, 0.6) is 5.75 Å². The van der Waals surface area contributed by atoms with Crippen LogP contribution in [0.3, 0.4) is 0 Å². The fourth-order valence-corrected chi connectivity index (χ4v) is 2.95. The Bertz CT molecular complexity index is 761. The molecule has 0 saturated carbocycles. The van der Waals surface area contributed by atoms with Crippen LogP contribution in [-0.4, -0.2) is 6.10 Å². The summed E-state index contributed by atoms with van der Waals surface area (Å²) in [5.74, 6) is 1.27. The Balaban J connectivity index is 2.17. The Morgan fingerprint density at radius 3 is 1.60 bits per heavy atom. The van der Waals surface area contributed by atoms with Crippen molar-refractivity contribution >= 4 is 0 Å². The molecule has 3 aromatic rings. The van der Waals surface area contributed by atoms with Crippen LogP contribution in [0, 0.1) is 5.92 Å². The van der Waals surface area contributed by atoms with Crippen LogP contribution in [0.25, 0.3) is 22.3 Å². The van der Waals surface area contributed by atoms with Crippen molar-refractivity contribution in [2.45, 2.75) is 20.0 Å². The van der Waals surface area contributed by atoms with Crippen LogP contribution < -0.4 is 4.74 Å². The Labute approximate surface area is 150 Å². The number of benzene rings is 3. The van der Waals surface area contributed by atoms with Gasteiger partial charge in [0.1, 0.15) is 11.9 Å². The third kappa shape index (κ3) is 3.83. The third-order valence-electron chi connectivity index (χ3n) is 4.33. The van der Waals surface area contributed by atoms with Crippen molar-refractivity contribution < 1.29 is 4.74 Å². The number of hydrogen-bond donors (Lipinski definition) is 0. The zero-order valence-corrected chi connectivity index (χ0v) is 14.9. The first kappa shape index (κ1) is 17.0. The van der Waals surface area contributed by atoms with E-state index in [9.17, 15) is 0 Å². The fourth-order valence-electron chi connectivity index (χ4n) is 2.95. The average Bonchev–Trinajstić information content (AvgIpc) is 2.67. The summed E-state index contributed by atoms with van der Waals surface area (Å²) in [5, 5.41) is 0. The molecule has 126 valence electrons. The molecule has 0 saturated heterocycles. The van der Waals surface area contributed by atoms with Crippen LogP contribution in [0.2, 0.25) is 0 Å². The number of hydrogen-bond acceptors (Lipinski definition) is 1. The van der Waals surface area contributed by atoms with E-state index < -0.39 is 0 Å². The van der Waals surface area contributed by atoms with Gasteiger partial charge in [-0.15, -0.1) is 0 Å². The maximum absolute atomic E-state index is 6.48. The molecule has 3 aromatic carbocycles. The summed E-state index contributed by atoms with van der Waals surface area (Å²) in [7, 11) is 0. The second kappa shape index (κ2) is 7.85. The van der Waals surface area contributed by atoms with Crippen molar-refractivity contribution in [3.05, 3.63) is 91.5 Å². The molecule has 1 nitrogen and oxygen atoms in total. The summed E-state index contributed by atoms with van der Waals surface area (Å²) in [4.78, 5) is 0. The molecule has 1 atom stereocenters. The van der Waals surface area contributed by atoms with Gasteiger partial charge in [-0.25, -0.2) is 0 Å². The van der Waals surface area contributed by atoms with Gasteiger partial charge in [-0.2, -0.15) is 0 Å². The molecule has 0 aliphatic rings. The van der Waals surface area contributed by atoms with E-state index >= 15 is 0 Å². The van der Waals surface area contributed by atoms with Gasteiger partial charge in [0.05, 0.1) is 0 Å². The average molecular weight is 328 g/mol. The molecule has 1 unspecified atom stereocenters. The molecule has 0 bridgehead atoms. The highest BCUT2D eigenvalue weighted by atomic mass is 16.5. The Morgan fingerprint density at radius 1 is 0.720 bits per heavy atom. The fraction of sp³-hybridized carbons (Fsp3) is 0.167. The smallest absolute Gasteiger partial charge is 0.135 e. The van der Waals surface area contributed by atoms with Crippen molar-refractivity contribution in [3.63, 3.8) is 0 Å². The van der Waals surface area contributed by atoms with E-state index in [4.69, 9.17) is 4.74 Å². The lowest BCUT2D eigenvalue weighted by molar-refractivity contribution is 0.200. The molecule has 0 N–H and O–H groups in total. The quantitative estimate of drug-likeness (QED) is 0.463. The summed E-state index contributed by atoms with van der Waals surface area (Å²) in [6.45, 7) is 8.26. The van der Waals surface area contributed by atoms with Gasteiger partial charge in [0, 0.05) is 11.1 Å². The molecular weight excluding hydrogens is 304 g/mol. The normalized spacial score (nSPS) is 12.0. The summed E-state index contributed by atoms with van der Waals surface area (Å²) in [5.41, 5.74) is 4.52. The number of rotatable bonds is 6. The Kier molecular flexibility index (Phi) is 5.35. The SMILES string of the molecule is C=CC(Oc1c(-c2ccccc2)cccc1-c1ccccc1)C(C)C.